The van der Waals surface area contributed by atoms with E-state index in [9.17, 15) is 18.0 Å². The van der Waals surface area contributed by atoms with E-state index in [0.717, 1.165) is 63.0 Å². The minimum atomic E-state index is -3.24. The fourth-order valence-corrected chi connectivity index (χ4v) is 6.73. The lowest BCUT2D eigenvalue weighted by atomic mass is 9.77. The molecule has 3 heterocycles. The SMILES string of the molecule is CS(=O)(=O)c1ccc(CN2CCC3(CCN(CC[C@H](NC(=O)N4CCOCC4)c4ccccc4)CC3)C2=O)cc1.Cl. The summed E-state index contributed by atoms with van der Waals surface area (Å²) >= 11 is 0. The van der Waals surface area contributed by atoms with Gasteiger partial charge in [-0.15, -0.1) is 12.4 Å². The van der Waals surface area contributed by atoms with Crippen molar-refractivity contribution in [3.8, 4) is 0 Å². The molecule has 0 aromatic heterocycles. The first-order valence-corrected chi connectivity index (χ1v) is 16.1. The Balaban J connectivity index is 0.00000387. The van der Waals surface area contributed by atoms with Crippen LogP contribution in [0.15, 0.2) is 59.5 Å². The van der Waals surface area contributed by atoms with E-state index in [4.69, 9.17) is 4.74 Å². The molecule has 0 bridgehead atoms. The van der Waals surface area contributed by atoms with Crippen molar-refractivity contribution in [2.24, 2.45) is 5.41 Å². The van der Waals surface area contributed by atoms with Crippen molar-refractivity contribution in [3.63, 3.8) is 0 Å². The van der Waals surface area contributed by atoms with Crippen molar-refractivity contribution in [1.29, 1.82) is 0 Å². The van der Waals surface area contributed by atoms with Gasteiger partial charge in [-0.25, -0.2) is 13.2 Å². The highest BCUT2D eigenvalue weighted by atomic mass is 35.5. The number of nitrogens with one attached hydrogen (secondary N) is 1. The Kier molecular flexibility index (Phi) is 10.3. The number of hydrogen-bond donors (Lipinski definition) is 1. The Morgan fingerprint density at radius 3 is 2.22 bits per heavy atom. The van der Waals surface area contributed by atoms with Gasteiger partial charge in [0.2, 0.25) is 5.91 Å². The number of piperidine rings is 1. The number of carbonyl (C=O) groups is 2. The lowest BCUT2D eigenvalue weighted by molar-refractivity contribution is -0.138. The molecule has 2 aromatic carbocycles. The van der Waals surface area contributed by atoms with Crippen LogP contribution in [-0.2, 0) is 25.9 Å². The van der Waals surface area contributed by atoms with Crippen LogP contribution in [0.2, 0.25) is 0 Å². The van der Waals surface area contributed by atoms with Crippen LogP contribution < -0.4 is 5.32 Å². The Hall–Kier alpha value is -2.66. The Morgan fingerprint density at radius 2 is 1.59 bits per heavy atom. The van der Waals surface area contributed by atoms with E-state index in [0.29, 0.717) is 37.7 Å². The largest absolute Gasteiger partial charge is 0.378 e. The third-order valence-corrected chi connectivity index (χ3v) is 9.80. The number of morpholine rings is 1. The third kappa shape index (κ3) is 7.60. The van der Waals surface area contributed by atoms with E-state index in [-0.39, 0.29) is 35.8 Å². The Morgan fingerprint density at radius 1 is 0.951 bits per heavy atom. The number of nitrogens with zero attached hydrogens (tertiary/aromatic N) is 3. The molecule has 0 saturated carbocycles. The normalized spacial score (nSPS) is 20.1. The molecule has 1 atom stereocenters. The molecule has 5 rings (SSSR count). The topological polar surface area (TPSA) is 99.3 Å². The van der Waals surface area contributed by atoms with E-state index < -0.39 is 9.84 Å². The van der Waals surface area contributed by atoms with Crippen LogP contribution in [-0.4, -0.2) is 93.8 Å². The van der Waals surface area contributed by atoms with Gasteiger partial charge >= 0.3 is 6.03 Å². The predicted molar refractivity (Wildman–Crippen MR) is 160 cm³/mol. The Bertz CT molecular complexity index is 1280. The van der Waals surface area contributed by atoms with Gasteiger partial charge in [-0.05, 0) is 62.0 Å². The van der Waals surface area contributed by atoms with Gasteiger partial charge in [-0.1, -0.05) is 42.5 Å². The zero-order chi connectivity index (χ0) is 28.2. The zero-order valence-corrected chi connectivity index (χ0v) is 25.3. The summed E-state index contributed by atoms with van der Waals surface area (Å²) in [4.78, 5) is 32.9. The van der Waals surface area contributed by atoms with Crippen LogP contribution in [0.25, 0.3) is 0 Å². The van der Waals surface area contributed by atoms with Gasteiger partial charge in [-0.2, -0.15) is 0 Å². The number of halogens is 1. The van der Waals surface area contributed by atoms with Crippen LogP contribution in [0.1, 0.15) is 42.9 Å². The molecule has 41 heavy (non-hydrogen) atoms. The van der Waals surface area contributed by atoms with Crippen molar-refractivity contribution in [2.45, 2.75) is 43.2 Å². The quantitative estimate of drug-likeness (QED) is 0.495. The van der Waals surface area contributed by atoms with Crippen molar-refractivity contribution >= 4 is 34.2 Å². The number of hydrogen-bond acceptors (Lipinski definition) is 6. The number of urea groups is 1. The summed E-state index contributed by atoms with van der Waals surface area (Å²) in [6.07, 6.45) is 4.54. The standard InChI is InChI=1S/C30H40N4O5S.ClH/c1-40(37,38)26-9-7-24(8-10-26)23-34-18-14-30(28(34)35)12-16-32(17-13-30)15-11-27(25-5-3-2-4-6-25)31-29(36)33-19-21-39-22-20-33;/h2-10,27H,11-23H2,1H3,(H,31,36);1H/t27-;/m0./s1. The zero-order valence-electron chi connectivity index (χ0n) is 23.7. The molecule has 224 valence electrons. The van der Waals surface area contributed by atoms with Gasteiger partial charge in [-0.3, -0.25) is 4.79 Å². The summed E-state index contributed by atoms with van der Waals surface area (Å²) in [5.74, 6) is 0.222. The first-order valence-electron chi connectivity index (χ1n) is 14.2. The highest BCUT2D eigenvalue weighted by Gasteiger charge is 2.47. The average Bonchev–Trinajstić information content (AvgIpc) is 3.26. The number of likely N-dealkylation sites (tertiary alicyclic amines) is 2. The highest BCUT2D eigenvalue weighted by Crippen LogP contribution is 2.42. The van der Waals surface area contributed by atoms with Crippen LogP contribution in [0.3, 0.4) is 0 Å². The molecule has 3 fully saturated rings. The average molecular weight is 605 g/mol. The second kappa shape index (κ2) is 13.5. The summed E-state index contributed by atoms with van der Waals surface area (Å²) in [5.41, 5.74) is 1.75. The molecular formula is C30H41ClN4O5S. The lowest BCUT2D eigenvalue weighted by Crippen LogP contribution is -2.48. The van der Waals surface area contributed by atoms with Gasteiger partial charge < -0.3 is 24.8 Å². The fraction of sp³-hybridized carbons (Fsp3) is 0.533. The monoisotopic (exact) mass is 604 g/mol. The number of rotatable bonds is 8. The van der Waals surface area contributed by atoms with Crippen molar-refractivity contribution in [2.75, 3.05) is 58.7 Å². The molecule has 1 N–H and O–H groups in total. The van der Waals surface area contributed by atoms with E-state index in [2.05, 4.69) is 22.3 Å². The van der Waals surface area contributed by atoms with Gasteiger partial charge in [0.05, 0.1) is 29.6 Å². The molecule has 9 nitrogen and oxygen atoms in total. The van der Waals surface area contributed by atoms with Crippen molar-refractivity contribution in [1.82, 2.24) is 20.0 Å². The van der Waals surface area contributed by atoms with Crippen LogP contribution in [0.5, 0.6) is 0 Å². The molecule has 3 aliphatic heterocycles. The third-order valence-electron chi connectivity index (χ3n) is 8.67. The number of ether oxygens (including phenoxy) is 1. The molecule has 11 heteroatoms. The lowest BCUT2D eigenvalue weighted by Gasteiger charge is -2.38. The van der Waals surface area contributed by atoms with E-state index in [1.165, 1.54) is 6.26 Å². The van der Waals surface area contributed by atoms with E-state index >= 15 is 0 Å². The van der Waals surface area contributed by atoms with Crippen LogP contribution in [0, 0.1) is 5.41 Å². The van der Waals surface area contributed by atoms with Crippen molar-refractivity contribution < 1.29 is 22.7 Å². The van der Waals surface area contributed by atoms with E-state index in [1.54, 1.807) is 24.3 Å². The molecule has 0 radical (unpaired) electrons. The predicted octanol–water partition coefficient (Wildman–Crippen LogP) is 3.50. The minimum Gasteiger partial charge on any atom is -0.378 e. The maximum Gasteiger partial charge on any atom is 0.318 e. The first kappa shape index (κ1) is 31.3. The summed E-state index contributed by atoms with van der Waals surface area (Å²) in [5, 5.41) is 3.25. The Labute approximate surface area is 249 Å². The van der Waals surface area contributed by atoms with Gasteiger partial charge in [0.25, 0.3) is 0 Å². The van der Waals surface area contributed by atoms with Gasteiger partial charge in [0.15, 0.2) is 9.84 Å². The first-order chi connectivity index (χ1) is 19.2. The molecule has 2 aromatic rings. The molecular weight excluding hydrogens is 564 g/mol. The molecule has 0 unspecified atom stereocenters. The number of sulfone groups is 1. The smallest absolute Gasteiger partial charge is 0.318 e. The summed E-state index contributed by atoms with van der Waals surface area (Å²) < 4.78 is 28.9. The second-order valence-corrected chi connectivity index (χ2v) is 13.3. The summed E-state index contributed by atoms with van der Waals surface area (Å²) in [6, 6.07) is 16.8. The molecule has 3 amide bonds. The minimum absolute atomic E-state index is 0. The maximum absolute atomic E-state index is 13.5. The summed E-state index contributed by atoms with van der Waals surface area (Å²) in [6.45, 7) is 6.19. The number of benzene rings is 2. The molecule has 1 spiro atoms. The molecule has 3 saturated heterocycles. The van der Waals surface area contributed by atoms with Crippen molar-refractivity contribution in [3.05, 3.63) is 65.7 Å². The van der Waals surface area contributed by atoms with Gasteiger partial charge in [0.1, 0.15) is 0 Å². The summed E-state index contributed by atoms with van der Waals surface area (Å²) in [7, 11) is -3.24. The number of carbonyl (C=O) groups excluding carboxylic acids is 2. The van der Waals surface area contributed by atoms with Crippen LogP contribution >= 0.6 is 12.4 Å². The number of amides is 3. The van der Waals surface area contributed by atoms with Crippen LogP contribution in [0.4, 0.5) is 4.79 Å². The van der Waals surface area contributed by atoms with E-state index in [1.807, 2.05) is 28.0 Å². The molecule has 0 aliphatic carbocycles. The maximum atomic E-state index is 13.5. The fourth-order valence-electron chi connectivity index (χ4n) is 6.10. The van der Waals surface area contributed by atoms with Gasteiger partial charge in [0, 0.05) is 39.0 Å². The molecule has 3 aliphatic rings. The second-order valence-electron chi connectivity index (χ2n) is 11.3. The highest BCUT2D eigenvalue weighted by molar-refractivity contribution is 7.90.